The van der Waals surface area contributed by atoms with E-state index in [-0.39, 0.29) is 0 Å². The van der Waals surface area contributed by atoms with E-state index in [0.29, 0.717) is 0 Å². The number of hydrogen-bond donors (Lipinski definition) is 2. The Morgan fingerprint density at radius 2 is 2.31 bits per heavy atom. The lowest BCUT2D eigenvalue weighted by Gasteiger charge is -2.07. The van der Waals surface area contributed by atoms with Gasteiger partial charge in [0.1, 0.15) is 6.04 Å². The first-order chi connectivity index (χ1) is 7.63. The summed E-state index contributed by atoms with van der Waals surface area (Å²) in [5.41, 5.74) is 7.48. The van der Waals surface area contributed by atoms with Crippen molar-refractivity contribution in [3.8, 4) is 0 Å². The fraction of sp³-hybridized carbons (Fsp3) is 0.182. The topological polar surface area (TPSA) is 68.1 Å². The van der Waals surface area contributed by atoms with Crippen molar-refractivity contribution in [2.24, 2.45) is 5.73 Å². The predicted molar refractivity (Wildman–Crippen MR) is 64.9 cm³/mol. The van der Waals surface area contributed by atoms with Crippen LogP contribution in [0.3, 0.4) is 0 Å². The first kappa shape index (κ1) is 11.2. The number of esters is 1. The molecule has 16 heavy (non-hydrogen) atoms. The zero-order valence-electron chi connectivity index (χ0n) is 8.66. The molecule has 0 spiro atoms. The van der Waals surface area contributed by atoms with Crippen molar-refractivity contribution in [1.82, 2.24) is 4.98 Å². The van der Waals surface area contributed by atoms with Crippen LogP contribution in [0.1, 0.15) is 11.6 Å². The Kier molecular flexibility index (Phi) is 2.98. The van der Waals surface area contributed by atoms with Gasteiger partial charge in [-0.1, -0.05) is 15.9 Å². The molecule has 0 saturated carbocycles. The second kappa shape index (κ2) is 4.27. The van der Waals surface area contributed by atoms with E-state index < -0.39 is 12.0 Å². The average Bonchev–Trinajstić information content (AvgIpc) is 2.69. The maximum absolute atomic E-state index is 11.4. The Morgan fingerprint density at radius 3 is 3.00 bits per heavy atom. The third-order valence-electron chi connectivity index (χ3n) is 2.47. The van der Waals surface area contributed by atoms with Crippen LogP contribution >= 0.6 is 15.9 Å². The normalized spacial score (nSPS) is 12.7. The van der Waals surface area contributed by atoms with E-state index in [9.17, 15) is 4.79 Å². The predicted octanol–water partition coefficient (Wildman–Crippen LogP) is 2.10. The summed E-state index contributed by atoms with van der Waals surface area (Å²) in [6.07, 6.45) is 1.73. The van der Waals surface area contributed by atoms with Crippen molar-refractivity contribution in [1.29, 1.82) is 0 Å². The molecule has 0 radical (unpaired) electrons. The molecule has 0 aliphatic carbocycles. The molecule has 0 unspecified atom stereocenters. The minimum Gasteiger partial charge on any atom is -0.468 e. The molecule has 0 aliphatic heterocycles. The molecular weight excluding hydrogens is 272 g/mol. The Balaban J connectivity index is 2.52. The molecule has 0 aliphatic rings. The monoisotopic (exact) mass is 282 g/mol. The van der Waals surface area contributed by atoms with Crippen molar-refractivity contribution >= 4 is 32.8 Å². The van der Waals surface area contributed by atoms with E-state index in [2.05, 4.69) is 25.7 Å². The lowest BCUT2D eigenvalue weighted by molar-refractivity contribution is -0.142. The number of methoxy groups -OCH3 is 1. The van der Waals surface area contributed by atoms with Crippen LogP contribution in [-0.4, -0.2) is 18.1 Å². The Labute approximate surface area is 101 Å². The van der Waals surface area contributed by atoms with Crippen LogP contribution in [0.5, 0.6) is 0 Å². The van der Waals surface area contributed by atoms with E-state index in [1.165, 1.54) is 7.11 Å². The lowest BCUT2D eigenvalue weighted by atomic mass is 10.1. The maximum Gasteiger partial charge on any atom is 0.327 e. The highest BCUT2D eigenvalue weighted by molar-refractivity contribution is 9.10. The van der Waals surface area contributed by atoms with Crippen molar-refractivity contribution in [3.05, 3.63) is 34.4 Å². The lowest BCUT2D eigenvalue weighted by Crippen LogP contribution is -2.22. The smallest absolute Gasteiger partial charge is 0.327 e. The van der Waals surface area contributed by atoms with Gasteiger partial charge >= 0.3 is 5.97 Å². The van der Waals surface area contributed by atoms with E-state index in [1.807, 2.05) is 18.2 Å². The summed E-state index contributed by atoms with van der Waals surface area (Å²) in [5.74, 6) is -0.444. The van der Waals surface area contributed by atoms with E-state index in [4.69, 9.17) is 5.73 Å². The van der Waals surface area contributed by atoms with Crippen LogP contribution in [0.15, 0.2) is 28.9 Å². The highest BCUT2D eigenvalue weighted by Gasteiger charge is 2.19. The molecular formula is C11H11BrN2O2. The van der Waals surface area contributed by atoms with Crippen molar-refractivity contribution in [3.63, 3.8) is 0 Å². The van der Waals surface area contributed by atoms with Gasteiger partial charge in [-0.25, -0.2) is 0 Å². The van der Waals surface area contributed by atoms with Crippen molar-refractivity contribution < 1.29 is 9.53 Å². The van der Waals surface area contributed by atoms with Gasteiger partial charge < -0.3 is 15.5 Å². The fourth-order valence-electron chi connectivity index (χ4n) is 1.63. The van der Waals surface area contributed by atoms with Crippen LogP contribution in [-0.2, 0) is 9.53 Å². The summed E-state index contributed by atoms with van der Waals surface area (Å²) < 4.78 is 5.57. The number of hydrogen-bond acceptors (Lipinski definition) is 3. The molecule has 0 amide bonds. The summed E-state index contributed by atoms with van der Waals surface area (Å²) in [4.78, 5) is 14.4. The standard InChI is InChI=1S/C11H11BrN2O2/c1-16-11(15)10(13)8-5-14-9-3-2-6(12)4-7(8)9/h2-5,10,14H,13H2,1H3/t10-/m1/s1. The van der Waals surface area contributed by atoms with Gasteiger partial charge in [0.2, 0.25) is 0 Å². The SMILES string of the molecule is COC(=O)[C@H](N)c1c[nH]c2ccc(Br)cc12. The van der Waals surface area contributed by atoms with Crippen LogP contribution in [0, 0.1) is 0 Å². The highest BCUT2D eigenvalue weighted by atomic mass is 79.9. The summed E-state index contributed by atoms with van der Waals surface area (Å²) in [5, 5.41) is 0.923. The summed E-state index contributed by atoms with van der Waals surface area (Å²) in [6.45, 7) is 0. The number of benzene rings is 1. The van der Waals surface area contributed by atoms with Crippen LogP contribution < -0.4 is 5.73 Å². The number of halogens is 1. The van der Waals surface area contributed by atoms with Crippen LogP contribution in [0.2, 0.25) is 0 Å². The molecule has 2 rings (SSSR count). The third kappa shape index (κ3) is 1.83. The molecule has 1 aromatic heterocycles. The number of ether oxygens (including phenoxy) is 1. The minimum atomic E-state index is -0.756. The Hall–Kier alpha value is -1.33. The fourth-order valence-corrected chi connectivity index (χ4v) is 1.99. The van der Waals surface area contributed by atoms with Gasteiger partial charge in [-0.2, -0.15) is 0 Å². The number of carbonyl (C=O) groups is 1. The third-order valence-corrected chi connectivity index (χ3v) is 2.96. The van der Waals surface area contributed by atoms with E-state index >= 15 is 0 Å². The summed E-state index contributed by atoms with van der Waals surface area (Å²) in [6, 6.07) is 5.01. The van der Waals surface area contributed by atoms with E-state index in [0.717, 1.165) is 20.9 Å². The molecule has 2 aromatic rings. The zero-order valence-corrected chi connectivity index (χ0v) is 10.2. The maximum atomic E-state index is 11.4. The number of rotatable bonds is 2. The largest absolute Gasteiger partial charge is 0.468 e. The number of aromatic nitrogens is 1. The molecule has 0 bridgehead atoms. The molecule has 1 aromatic carbocycles. The van der Waals surface area contributed by atoms with Gasteiger partial charge in [0.15, 0.2) is 0 Å². The zero-order chi connectivity index (χ0) is 11.7. The van der Waals surface area contributed by atoms with Crippen LogP contribution in [0.25, 0.3) is 10.9 Å². The Bertz CT molecular complexity index is 536. The summed E-state index contributed by atoms with van der Waals surface area (Å²) >= 11 is 3.38. The molecule has 84 valence electrons. The van der Waals surface area contributed by atoms with Crippen molar-refractivity contribution in [2.45, 2.75) is 6.04 Å². The molecule has 0 fully saturated rings. The highest BCUT2D eigenvalue weighted by Crippen LogP contribution is 2.26. The second-order valence-electron chi connectivity index (χ2n) is 3.43. The van der Waals surface area contributed by atoms with Crippen molar-refractivity contribution in [2.75, 3.05) is 7.11 Å². The second-order valence-corrected chi connectivity index (χ2v) is 4.35. The first-order valence-corrected chi connectivity index (χ1v) is 5.52. The number of nitrogens with two attached hydrogens (primary N) is 1. The van der Waals surface area contributed by atoms with Gasteiger partial charge in [0.05, 0.1) is 7.11 Å². The number of nitrogens with one attached hydrogen (secondary N) is 1. The number of carbonyl (C=O) groups excluding carboxylic acids is 1. The molecule has 1 heterocycles. The Morgan fingerprint density at radius 1 is 1.56 bits per heavy atom. The molecule has 1 atom stereocenters. The minimum absolute atomic E-state index is 0.444. The molecule has 4 nitrogen and oxygen atoms in total. The average molecular weight is 283 g/mol. The number of H-pyrrole nitrogens is 1. The molecule has 0 saturated heterocycles. The van der Waals surface area contributed by atoms with Crippen LogP contribution in [0.4, 0.5) is 0 Å². The van der Waals surface area contributed by atoms with Gasteiger partial charge in [0, 0.05) is 27.1 Å². The van der Waals surface area contributed by atoms with Gasteiger partial charge in [-0.05, 0) is 18.2 Å². The first-order valence-electron chi connectivity index (χ1n) is 4.73. The molecule has 5 heteroatoms. The quantitative estimate of drug-likeness (QED) is 0.829. The molecule has 3 N–H and O–H groups in total. The van der Waals surface area contributed by atoms with Gasteiger partial charge in [-0.3, -0.25) is 4.79 Å². The summed E-state index contributed by atoms with van der Waals surface area (Å²) in [7, 11) is 1.33. The van der Waals surface area contributed by atoms with E-state index in [1.54, 1.807) is 6.20 Å². The number of fused-ring (bicyclic) bond motifs is 1. The van der Waals surface area contributed by atoms with Gasteiger partial charge in [0.25, 0.3) is 0 Å². The number of aromatic amines is 1. The van der Waals surface area contributed by atoms with Gasteiger partial charge in [-0.15, -0.1) is 0 Å².